The zero-order chi connectivity index (χ0) is 33.0. The second-order valence-electron chi connectivity index (χ2n) is 16.2. The molecule has 0 aromatic rings. The number of carbonyl (C=O) groups is 2. The van der Waals surface area contributed by atoms with Crippen LogP contribution >= 0.6 is 0 Å². The maximum absolute atomic E-state index is 12.8. The van der Waals surface area contributed by atoms with Gasteiger partial charge in [-0.25, -0.2) is 0 Å². The minimum absolute atomic E-state index is 0.00478. The van der Waals surface area contributed by atoms with E-state index in [4.69, 9.17) is 14.3 Å². The Bertz CT molecular complexity index is 850. The molecule has 0 saturated carbocycles. The van der Waals surface area contributed by atoms with Gasteiger partial charge in [-0.2, -0.15) is 5.06 Å². The summed E-state index contributed by atoms with van der Waals surface area (Å²) in [6, 6.07) is 0. The third-order valence-corrected chi connectivity index (χ3v) is 10.5. The standard InChI is InChI=1S/C37H70N2O5/c1-11-12-13-14-19-22-27-42-39-34(2,3)26-25-31(37(39,8)9)44-33(41)24-21-18-16-15-17-20-23-32(40)43-30-28-35(4,5)38(10)36(6,7)29-30/h30-31H,11-29H2,1-10H3. The molecule has 2 heterocycles. The van der Waals surface area contributed by atoms with Gasteiger partial charge in [0.15, 0.2) is 0 Å². The van der Waals surface area contributed by atoms with Crippen LogP contribution in [0.2, 0.25) is 0 Å². The van der Waals surface area contributed by atoms with Gasteiger partial charge in [0.2, 0.25) is 0 Å². The Morgan fingerprint density at radius 2 is 1.14 bits per heavy atom. The van der Waals surface area contributed by atoms with Crippen LogP contribution in [0.3, 0.4) is 0 Å². The molecule has 44 heavy (non-hydrogen) atoms. The SMILES string of the molecule is CCCCCCCCON1C(C)(C)CCC(OC(=O)CCCCCCCCC(=O)OC2CC(C)(C)N(C)C(C)(C)C2)C1(C)C. The van der Waals surface area contributed by atoms with E-state index in [1.165, 1.54) is 32.1 Å². The van der Waals surface area contributed by atoms with Crippen LogP contribution in [-0.4, -0.2) is 69.9 Å². The van der Waals surface area contributed by atoms with Crippen LogP contribution in [0.25, 0.3) is 0 Å². The summed E-state index contributed by atoms with van der Waals surface area (Å²) in [7, 11) is 2.17. The highest BCUT2D eigenvalue weighted by atomic mass is 16.7. The van der Waals surface area contributed by atoms with Crippen molar-refractivity contribution in [2.45, 2.75) is 212 Å². The van der Waals surface area contributed by atoms with E-state index in [-0.39, 0.29) is 46.3 Å². The molecule has 0 aromatic heterocycles. The number of rotatable bonds is 19. The Hall–Kier alpha value is -1.18. The third kappa shape index (κ3) is 12.2. The lowest BCUT2D eigenvalue weighted by Gasteiger charge is -2.54. The summed E-state index contributed by atoms with van der Waals surface area (Å²) in [5.41, 5.74) is -0.429. The first-order chi connectivity index (χ1) is 20.5. The van der Waals surface area contributed by atoms with Crippen molar-refractivity contribution in [2.75, 3.05) is 13.7 Å². The number of piperidine rings is 2. The average Bonchev–Trinajstić information content (AvgIpc) is 2.91. The summed E-state index contributed by atoms with van der Waals surface area (Å²) in [5, 5.41) is 2.12. The molecule has 2 fully saturated rings. The Labute approximate surface area is 271 Å². The summed E-state index contributed by atoms with van der Waals surface area (Å²) < 4.78 is 11.9. The minimum atomic E-state index is -0.374. The van der Waals surface area contributed by atoms with E-state index in [1.54, 1.807) is 0 Å². The van der Waals surface area contributed by atoms with E-state index < -0.39 is 0 Å². The quantitative estimate of drug-likeness (QED) is 0.105. The van der Waals surface area contributed by atoms with Crippen LogP contribution in [0.5, 0.6) is 0 Å². The van der Waals surface area contributed by atoms with Gasteiger partial charge in [-0.1, -0.05) is 64.7 Å². The molecule has 2 saturated heterocycles. The van der Waals surface area contributed by atoms with Crippen molar-refractivity contribution in [3.05, 3.63) is 0 Å². The van der Waals surface area contributed by atoms with Gasteiger partial charge in [0.25, 0.3) is 0 Å². The van der Waals surface area contributed by atoms with E-state index in [0.29, 0.717) is 12.8 Å². The maximum Gasteiger partial charge on any atom is 0.306 e. The van der Waals surface area contributed by atoms with Crippen molar-refractivity contribution in [3.8, 4) is 0 Å². The minimum Gasteiger partial charge on any atom is -0.462 e. The molecular formula is C37H70N2O5. The number of ether oxygens (including phenoxy) is 2. The summed E-state index contributed by atoms with van der Waals surface area (Å²) in [6.07, 6.45) is 17.7. The molecular weight excluding hydrogens is 552 g/mol. The van der Waals surface area contributed by atoms with Gasteiger partial charge in [0.05, 0.1) is 12.1 Å². The van der Waals surface area contributed by atoms with Crippen molar-refractivity contribution < 1.29 is 23.9 Å². The number of hydrogen-bond donors (Lipinski definition) is 0. The Morgan fingerprint density at radius 3 is 1.68 bits per heavy atom. The van der Waals surface area contributed by atoms with Gasteiger partial charge >= 0.3 is 11.9 Å². The van der Waals surface area contributed by atoms with Gasteiger partial charge in [-0.15, -0.1) is 0 Å². The van der Waals surface area contributed by atoms with Crippen LogP contribution in [0.15, 0.2) is 0 Å². The zero-order valence-electron chi connectivity index (χ0n) is 30.5. The first-order valence-corrected chi connectivity index (χ1v) is 18.1. The van der Waals surface area contributed by atoms with Crippen molar-refractivity contribution in [2.24, 2.45) is 0 Å². The molecule has 258 valence electrons. The highest BCUT2D eigenvalue weighted by Gasteiger charge is 2.50. The molecule has 2 aliphatic heterocycles. The number of esters is 2. The fourth-order valence-corrected chi connectivity index (χ4v) is 7.50. The first kappa shape index (κ1) is 39.0. The molecule has 0 aromatic carbocycles. The summed E-state index contributed by atoms with van der Waals surface area (Å²) >= 11 is 0. The Balaban J connectivity index is 1.60. The third-order valence-electron chi connectivity index (χ3n) is 10.5. The van der Waals surface area contributed by atoms with Crippen LogP contribution in [-0.2, 0) is 23.9 Å². The molecule has 1 unspecified atom stereocenters. The molecule has 0 bridgehead atoms. The lowest BCUT2D eigenvalue weighted by molar-refractivity contribution is -0.304. The molecule has 0 radical (unpaired) electrons. The number of nitrogens with zero attached hydrogens (tertiary/aromatic N) is 2. The molecule has 2 rings (SSSR count). The normalized spacial score (nSPS) is 23.4. The highest BCUT2D eigenvalue weighted by Crippen LogP contribution is 2.41. The number of carbonyl (C=O) groups excluding carboxylic acids is 2. The smallest absolute Gasteiger partial charge is 0.306 e. The van der Waals surface area contributed by atoms with Gasteiger partial charge < -0.3 is 9.47 Å². The Morgan fingerprint density at radius 1 is 0.659 bits per heavy atom. The number of hydroxylamine groups is 2. The maximum atomic E-state index is 12.8. The van der Waals surface area contributed by atoms with Crippen molar-refractivity contribution in [1.29, 1.82) is 0 Å². The lowest BCUT2D eigenvalue weighted by Crippen LogP contribution is -2.65. The number of unbranched alkanes of at least 4 members (excludes halogenated alkanes) is 10. The van der Waals surface area contributed by atoms with E-state index in [2.05, 4.69) is 79.3 Å². The molecule has 2 aliphatic rings. The lowest BCUT2D eigenvalue weighted by atomic mass is 9.79. The van der Waals surface area contributed by atoms with Crippen molar-refractivity contribution in [1.82, 2.24) is 9.96 Å². The van der Waals surface area contributed by atoms with Crippen molar-refractivity contribution in [3.63, 3.8) is 0 Å². The average molecular weight is 623 g/mol. The fraction of sp³-hybridized carbons (Fsp3) is 0.946. The van der Waals surface area contributed by atoms with E-state index in [1.807, 2.05) is 0 Å². The topological polar surface area (TPSA) is 68.3 Å². The summed E-state index contributed by atoms with van der Waals surface area (Å²) in [6.45, 7) is 20.6. The first-order valence-electron chi connectivity index (χ1n) is 18.1. The van der Waals surface area contributed by atoms with Crippen LogP contribution in [0.4, 0.5) is 0 Å². The molecule has 0 amide bonds. The second-order valence-corrected chi connectivity index (χ2v) is 16.2. The fourth-order valence-electron chi connectivity index (χ4n) is 7.50. The highest BCUT2D eigenvalue weighted by molar-refractivity contribution is 5.70. The van der Waals surface area contributed by atoms with E-state index in [0.717, 1.165) is 77.2 Å². The summed E-state index contributed by atoms with van der Waals surface area (Å²) in [4.78, 5) is 34.1. The molecule has 7 heteroatoms. The summed E-state index contributed by atoms with van der Waals surface area (Å²) in [5.74, 6) is -0.157. The van der Waals surface area contributed by atoms with Gasteiger partial charge in [0, 0.05) is 42.3 Å². The predicted molar refractivity (Wildman–Crippen MR) is 180 cm³/mol. The van der Waals surface area contributed by atoms with E-state index in [9.17, 15) is 9.59 Å². The predicted octanol–water partition coefficient (Wildman–Crippen LogP) is 9.16. The molecule has 7 nitrogen and oxygen atoms in total. The Kier molecular flexibility index (Phi) is 15.7. The van der Waals surface area contributed by atoms with Crippen LogP contribution in [0.1, 0.15) is 178 Å². The van der Waals surface area contributed by atoms with Crippen LogP contribution < -0.4 is 0 Å². The van der Waals surface area contributed by atoms with Gasteiger partial charge in [-0.05, 0) is 94.5 Å². The van der Waals surface area contributed by atoms with Gasteiger partial charge in [0.1, 0.15) is 12.2 Å². The number of hydrogen-bond acceptors (Lipinski definition) is 7. The van der Waals surface area contributed by atoms with Crippen molar-refractivity contribution >= 4 is 11.9 Å². The molecule has 1 atom stereocenters. The van der Waals surface area contributed by atoms with E-state index >= 15 is 0 Å². The number of likely N-dealkylation sites (tertiary alicyclic amines) is 1. The monoisotopic (exact) mass is 623 g/mol. The zero-order valence-corrected chi connectivity index (χ0v) is 30.5. The largest absolute Gasteiger partial charge is 0.462 e. The molecule has 0 spiro atoms. The van der Waals surface area contributed by atoms with Crippen LogP contribution in [0, 0.1) is 0 Å². The van der Waals surface area contributed by atoms with Gasteiger partial charge in [-0.3, -0.25) is 19.3 Å². The molecule has 0 aliphatic carbocycles. The second kappa shape index (κ2) is 17.7. The molecule has 0 N–H and O–H groups in total.